The van der Waals surface area contributed by atoms with Crippen LogP contribution >= 0.6 is 56.7 Å². The molecule has 12 heterocycles. The van der Waals surface area contributed by atoms with Gasteiger partial charge in [0.15, 0.2) is 18.1 Å². The normalized spacial score (nSPS) is 24.9. The van der Waals surface area contributed by atoms with Gasteiger partial charge in [0.1, 0.15) is 120 Å². The van der Waals surface area contributed by atoms with Crippen LogP contribution in [0, 0.1) is 0 Å². The molecule has 8 aromatic rings. The summed E-state index contributed by atoms with van der Waals surface area (Å²) in [4.78, 5) is 137. The van der Waals surface area contributed by atoms with Crippen molar-refractivity contribution in [2.45, 2.75) is 108 Å². The maximum Gasteiger partial charge on any atom is 0.358 e. The van der Waals surface area contributed by atoms with Crippen LogP contribution in [0.4, 0.5) is 0 Å². The fraction of sp³-hybridized carbons (Fsp3) is 0.422. The molecular weight excluding hydrogens is 1410 g/mol. The lowest BCUT2D eigenvalue weighted by atomic mass is 9.85. The SMILES string of the molecule is CO/C(C)=C1/NC(=O)C(C(C)O)NC(=O)c2csc(n2)-c2cc(O)c(-c3nc(C(=O)N4CCN(CCO)CC4)cs3)nc2-c2csc(n2)C2COC(=O)c3c4c5c(cccc5n3O)COC(=O)C(OC3CC(C)(O)C(N(C)C)C(C)O3)C(OC4)C(NC(=O)c3csc1n3)c1nc(cs1)C(=O)N2. The lowest BCUT2D eigenvalue weighted by Gasteiger charge is -2.48. The van der Waals surface area contributed by atoms with E-state index in [1.54, 1.807) is 60.6 Å². The Morgan fingerprint density at radius 2 is 1.50 bits per heavy atom. The summed E-state index contributed by atoms with van der Waals surface area (Å²) in [7, 11) is 4.87. The number of aliphatic hydroxyl groups excluding tert-OH is 2. The van der Waals surface area contributed by atoms with Gasteiger partial charge in [-0.3, -0.25) is 28.9 Å². The predicted octanol–water partition coefficient (Wildman–Crippen LogP) is 3.91. The topological polar surface area (TPSA) is 416 Å². The van der Waals surface area contributed by atoms with Gasteiger partial charge >= 0.3 is 11.9 Å². The Balaban J connectivity index is 0.969. The van der Waals surface area contributed by atoms with Gasteiger partial charge < -0.3 is 85.1 Å². The van der Waals surface area contributed by atoms with Gasteiger partial charge in [-0.1, -0.05) is 12.1 Å². The quantitative estimate of drug-likeness (QED) is 0.0562. The summed E-state index contributed by atoms with van der Waals surface area (Å²) in [6.07, 6.45) is -7.49. The lowest BCUT2D eigenvalue weighted by Crippen LogP contribution is -2.62. The number of carbonyl (C=O) groups excluding carboxylic acids is 7. The number of methoxy groups -OCH3 is 1. The maximum atomic E-state index is 15.2. The Kier molecular flexibility index (Phi) is 20.2. The van der Waals surface area contributed by atoms with Crippen molar-refractivity contribution in [2.24, 2.45) is 0 Å². The molecule has 9 N–H and O–H groups in total. The van der Waals surface area contributed by atoms with Crippen molar-refractivity contribution in [3.05, 3.63) is 112 Å². The second-order valence-electron chi connectivity index (χ2n) is 24.9. The Morgan fingerprint density at radius 3 is 2.22 bits per heavy atom. The minimum Gasteiger partial charge on any atom is -0.506 e. The Morgan fingerprint density at radius 1 is 0.822 bits per heavy atom. The van der Waals surface area contributed by atoms with E-state index >= 15 is 19.2 Å². The van der Waals surface area contributed by atoms with Crippen molar-refractivity contribution in [1.82, 2.24) is 70.6 Å². The molecule has 12 bridgehead atoms. The number of nitrogens with one attached hydrogen (secondary N) is 4. The minimum atomic E-state index is -1.91. The van der Waals surface area contributed by atoms with Crippen molar-refractivity contribution < 1.29 is 87.6 Å². The third-order valence-corrected chi connectivity index (χ3v) is 22.3. The number of β-amino-alcohol motifs (C(OH)–C–C–N with tert-alkyl or cyclic N) is 1. The van der Waals surface area contributed by atoms with Gasteiger partial charge in [-0.05, 0) is 59.5 Å². The van der Waals surface area contributed by atoms with Crippen LogP contribution < -0.4 is 21.3 Å². The molecule has 5 amide bonds. The van der Waals surface area contributed by atoms with Crippen LogP contribution in [0.25, 0.3) is 49.3 Å². The van der Waals surface area contributed by atoms with E-state index in [4.69, 9.17) is 43.4 Å². The summed E-state index contributed by atoms with van der Waals surface area (Å²) in [5.41, 5.74) is -2.12. The molecule has 101 heavy (non-hydrogen) atoms. The van der Waals surface area contributed by atoms with Gasteiger partial charge in [0.05, 0.1) is 49.7 Å². The summed E-state index contributed by atoms with van der Waals surface area (Å²) in [6.45, 7) is 6.62. The first-order chi connectivity index (χ1) is 48.4. The number of aromatic hydroxyl groups is 1. The highest BCUT2D eigenvalue weighted by molar-refractivity contribution is 7.14. The number of cyclic esters (lactones) is 2. The van der Waals surface area contributed by atoms with E-state index in [-0.39, 0.29) is 117 Å². The second-order valence-corrected chi connectivity index (χ2v) is 29.2. The van der Waals surface area contributed by atoms with Gasteiger partial charge in [0, 0.05) is 82.6 Å². The van der Waals surface area contributed by atoms with Gasteiger partial charge in [0.25, 0.3) is 23.6 Å². The second kappa shape index (κ2) is 28.9. The molecule has 5 aliphatic rings. The first kappa shape index (κ1) is 70.6. The molecule has 32 nitrogen and oxygen atoms in total. The molecule has 0 radical (unpaired) electrons. The molecule has 37 heteroatoms. The minimum absolute atomic E-state index is 0.00486. The molecule has 10 atom stereocenters. The first-order valence-corrected chi connectivity index (χ1v) is 36.1. The van der Waals surface area contributed by atoms with E-state index in [2.05, 4.69) is 36.2 Å². The monoisotopic (exact) mass is 1480 g/mol. The zero-order valence-corrected chi connectivity index (χ0v) is 59.1. The summed E-state index contributed by atoms with van der Waals surface area (Å²) in [5, 5.41) is 75.6. The number of amides is 5. The van der Waals surface area contributed by atoms with Crippen LogP contribution in [0.15, 0.2) is 56.9 Å². The number of hydrogen-bond donors (Lipinski definition) is 9. The van der Waals surface area contributed by atoms with E-state index < -0.39 is 127 Å². The number of aromatic nitrogens is 7. The summed E-state index contributed by atoms with van der Waals surface area (Å²) < 4.78 is 38.4. The number of esters is 2. The first-order valence-electron chi connectivity index (χ1n) is 31.7. The molecule has 0 aliphatic carbocycles. The van der Waals surface area contributed by atoms with Gasteiger partial charge in [-0.15, -0.1) is 56.7 Å². The number of likely N-dealkylation sites (N-methyl/N-ethyl adjacent to an activating group) is 1. The molecule has 0 spiro atoms. The highest BCUT2D eigenvalue weighted by Crippen LogP contribution is 2.43. The van der Waals surface area contributed by atoms with Crippen molar-refractivity contribution in [3.8, 4) is 38.4 Å². The molecule has 7 aromatic heterocycles. The number of benzene rings is 1. The molecule has 5 aliphatic heterocycles. The van der Waals surface area contributed by atoms with E-state index in [0.717, 1.165) is 56.7 Å². The van der Waals surface area contributed by atoms with Gasteiger partial charge in [-0.25, -0.2) is 39.5 Å². The number of pyridine rings is 1. The van der Waals surface area contributed by atoms with Crippen LogP contribution in [0.5, 0.6) is 5.75 Å². The Labute approximate surface area is 594 Å². The third-order valence-electron chi connectivity index (χ3n) is 17.8. The smallest absolute Gasteiger partial charge is 0.358 e. The van der Waals surface area contributed by atoms with E-state index in [0.29, 0.717) is 43.0 Å². The van der Waals surface area contributed by atoms with Crippen molar-refractivity contribution in [2.75, 3.05) is 67.1 Å². The van der Waals surface area contributed by atoms with Gasteiger partial charge in [-0.2, -0.15) is 4.73 Å². The number of piperazine rings is 1. The zero-order chi connectivity index (χ0) is 71.5. The Bertz CT molecular complexity index is 4590. The molecule has 2 fully saturated rings. The van der Waals surface area contributed by atoms with E-state index in [1.807, 2.05) is 4.90 Å². The highest BCUT2D eigenvalue weighted by Gasteiger charge is 2.50. The molecule has 10 unspecified atom stereocenters. The number of rotatable bonds is 9. The van der Waals surface area contributed by atoms with Crippen LogP contribution in [-0.4, -0.2) is 232 Å². The van der Waals surface area contributed by atoms with Crippen LogP contribution in [0.1, 0.15) is 125 Å². The van der Waals surface area contributed by atoms with Gasteiger partial charge in [0.2, 0.25) is 5.91 Å². The number of fused-ring (bicyclic) bond motifs is 15. The largest absolute Gasteiger partial charge is 0.506 e. The number of carbonyl (C=O) groups is 7. The Hall–Kier alpha value is -8.83. The molecule has 13 rings (SSSR count). The molecular formula is C64H68N14O18S5. The average Bonchev–Trinajstić information content (AvgIpc) is 1.64. The number of thiazole rings is 5. The van der Waals surface area contributed by atoms with E-state index in [1.165, 1.54) is 49.2 Å². The number of hydrogen-bond acceptors (Lipinski definition) is 31. The van der Waals surface area contributed by atoms with Crippen molar-refractivity contribution >= 4 is 115 Å². The summed E-state index contributed by atoms with van der Waals surface area (Å²) >= 11 is 4.73. The molecule has 532 valence electrons. The third kappa shape index (κ3) is 14.0. The lowest BCUT2D eigenvalue weighted by molar-refractivity contribution is -0.280. The summed E-state index contributed by atoms with van der Waals surface area (Å²) in [6, 6.07) is 0.824. The number of ether oxygens (including phenoxy) is 6. The van der Waals surface area contributed by atoms with Crippen LogP contribution in [0.3, 0.4) is 0 Å². The van der Waals surface area contributed by atoms with Crippen molar-refractivity contribution in [3.63, 3.8) is 0 Å². The van der Waals surface area contributed by atoms with Crippen LogP contribution in [0.2, 0.25) is 0 Å². The zero-order valence-electron chi connectivity index (χ0n) is 55.0. The fourth-order valence-corrected chi connectivity index (χ4v) is 17.1. The molecule has 1 aromatic carbocycles. The molecule has 0 saturated carbocycles. The molecule has 2 saturated heterocycles. The standard InChI is InChI=1S/C64H68N14O18S5/c1-27(80)43-55(85)73-44(28(2)91-7)58-68-37(25-99-58)54(84)74-47-49-50(96-41-18-64(4,89)51(75(5)6)29(3)95-41)63(88)93-19-30-9-8-10-39-42(30)32(20-92-49)48(78(39)90)62(87)94-21-33(65-52(82)35-24-100-60(47)69-35)57-66-34(22-98-57)45-31(56-67-36(23-97-56)53(83)72-43)17-40(81)46(71-45)59-70-38(26-101-59)61(86)77-13-11-76(12-14-77)15-16-79/h8-10,17,22-27,29,33,41,43,47,49-51,79-81,89-90H,11-16,18-21H2,1-7H3,(H,65,82)(H,72,83)(H,73,85)(H,74,84)/b44-28+. The average molecular weight is 1480 g/mol. The summed E-state index contributed by atoms with van der Waals surface area (Å²) in [5.74, 6) is -6.55. The number of nitrogens with zero attached hydrogens (tertiary/aromatic N) is 10. The van der Waals surface area contributed by atoms with E-state index in [9.17, 15) is 40.0 Å². The number of allylic oxidation sites excluding steroid dienone is 1. The predicted molar refractivity (Wildman–Crippen MR) is 364 cm³/mol. The van der Waals surface area contributed by atoms with Crippen LogP contribution in [-0.2, 0) is 51.2 Å². The fourth-order valence-electron chi connectivity index (χ4n) is 12.9. The van der Waals surface area contributed by atoms with Crippen molar-refractivity contribution in [1.29, 1.82) is 0 Å². The maximum absolute atomic E-state index is 15.2. The highest BCUT2D eigenvalue weighted by atomic mass is 32.1. The number of aliphatic hydroxyl groups is 3.